The Labute approximate surface area is 148 Å². The molecule has 1 saturated carbocycles. The smallest absolute Gasteiger partial charge is 0.275 e. The molecule has 1 heterocycles. The van der Waals surface area contributed by atoms with Gasteiger partial charge in [-0.2, -0.15) is 0 Å². The largest absolute Gasteiger partial charge is 0.326 e. The molecular formula is C16H15ClN4O2S. The van der Waals surface area contributed by atoms with Gasteiger partial charge in [-0.15, -0.1) is 0 Å². The van der Waals surface area contributed by atoms with Crippen LogP contribution in [0.5, 0.6) is 0 Å². The third kappa shape index (κ3) is 4.04. The first-order valence-corrected chi connectivity index (χ1v) is 8.96. The first-order chi connectivity index (χ1) is 11.6. The molecule has 2 aromatic rings. The Morgan fingerprint density at radius 1 is 1.17 bits per heavy atom. The van der Waals surface area contributed by atoms with E-state index in [4.69, 9.17) is 11.6 Å². The SMILES string of the molecule is CSc1ncc(Cl)c(C(=O)Nc2ccc(NC(=O)C3CC3)cc2)n1. The van der Waals surface area contributed by atoms with Crippen LogP contribution >= 0.6 is 23.4 Å². The quantitative estimate of drug-likeness (QED) is 0.628. The predicted molar refractivity (Wildman–Crippen MR) is 94.6 cm³/mol. The Bertz CT molecular complexity index is 778. The number of carbonyl (C=O) groups is 2. The van der Waals surface area contributed by atoms with Gasteiger partial charge in [0.2, 0.25) is 5.91 Å². The molecule has 124 valence electrons. The van der Waals surface area contributed by atoms with E-state index in [2.05, 4.69) is 20.6 Å². The molecule has 0 unspecified atom stereocenters. The van der Waals surface area contributed by atoms with Gasteiger partial charge in [0, 0.05) is 17.3 Å². The summed E-state index contributed by atoms with van der Waals surface area (Å²) in [6.45, 7) is 0. The van der Waals surface area contributed by atoms with E-state index >= 15 is 0 Å². The van der Waals surface area contributed by atoms with Gasteiger partial charge in [0.15, 0.2) is 10.9 Å². The van der Waals surface area contributed by atoms with Gasteiger partial charge in [0.25, 0.3) is 5.91 Å². The Balaban J connectivity index is 1.67. The van der Waals surface area contributed by atoms with Gasteiger partial charge in [-0.25, -0.2) is 9.97 Å². The molecule has 8 heteroatoms. The van der Waals surface area contributed by atoms with Crippen molar-refractivity contribution in [1.82, 2.24) is 9.97 Å². The molecule has 3 rings (SSSR count). The topological polar surface area (TPSA) is 84.0 Å². The first kappa shape index (κ1) is 16.7. The highest BCUT2D eigenvalue weighted by Gasteiger charge is 2.29. The molecule has 0 atom stereocenters. The van der Waals surface area contributed by atoms with Crippen molar-refractivity contribution in [2.24, 2.45) is 5.92 Å². The number of amides is 2. The fourth-order valence-electron chi connectivity index (χ4n) is 2.03. The summed E-state index contributed by atoms with van der Waals surface area (Å²) in [6.07, 6.45) is 5.14. The minimum absolute atomic E-state index is 0.0455. The molecule has 24 heavy (non-hydrogen) atoms. The second-order valence-corrected chi connectivity index (χ2v) is 6.53. The van der Waals surface area contributed by atoms with E-state index in [1.807, 2.05) is 6.26 Å². The zero-order valence-electron chi connectivity index (χ0n) is 12.9. The lowest BCUT2D eigenvalue weighted by Gasteiger charge is -2.08. The standard InChI is InChI=1S/C16H15ClN4O2S/c1-24-16-18-8-12(17)13(21-16)15(23)20-11-6-4-10(5-7-11)19-14(22)9-2-3-9/h4-9H,2-3H2,1H3,(H,19,22)(H,20,23). The number of nitrogens with one attached hydrogen (secondary N) is 2. The number of hydrogen-bond acceptors (Lipinski definition) is 5. The van der Waals surface area contributed by atoms with Crippen LogP contribution < -0.4 is 10.6 Å². The Kier molecular flexibility index (Phi) is 5.01. The summed E-state index contributed by atoms with van der Waals surface area (Å²) in [5, 5.41) is 6.24. The number of benzene rings is 1. The normalized spacial score (nSPS) is 13.4. The van der Waals surface area contributed by atoms with E-state index < -0.39 is 5.91 Å². The summed E-state index contributed by atoms with van der Waals surface area (Å²) in [5.74, 6) is -0.216. The van der Waals surface area contributed by atoms with Gasteiger partial charge >= 0.3 is 0 Å². The molecule has 1 aliphatic carbocycles. The number of anilines is 2. The maximum absolute atomic E-state index is 12.3. The fourth-order valence-corrected chi connectivity index (χ4v) is 2.54. The fraction of sp³-hybridized carbons (Fsp3) is 0.250. The van der Waals surface area contributed by atoms with Gasteiger partial charge in [-0.1, -0.05) is 23.4 Å². The molecule has 2 amide bonds. The van der Waals surface area contributed by atoms with Crippen molar-refractivity contribution < 1.29 is 9.59 Å². The average molecular weight is 363 g/mol. The molecule has 6 nitrogen and oxygen atoms in total. The van der Waals surface area contributed by atoms with Crippen LogP contribution in [0.2, 0.25) is 5.02 Å². The second-order valence-electron chi connectivity index (χ2n) is 5.35. The minimum atomic E-state index is -0.410. The van der Waals surface area contributed by atoms with Crippen molar-refractivity contribution in [3.63, 3.8) is 0 Å². The van der Waals surface area contributed by atoms with Crippen molar-refractivity contribution in [3.8, 4) is 0 Å². The van der Waals surface area contributed by atoms with Gasteiger partial charge in [0.1, 0.15) is 0 Å². The molecule has 1 aromatic heterocycles. The lowest BCUT2D eigenvalue weighted by Crippen LogP contribution is -2.15. The van der Waals surface area contributed by atoms with Gasteiger partial charge in [-0.05, 0) is 43.4 Å². The predicted octanol–water partition coefficient (Wildman–Crippen LogP) is 3.45. The number of aromatic nitrogens is 2. The first-order valence-electron chi connectivity index (χ1n) is 7.35. The number of halogens is 1. The average Bonchev–Trinajstić information content (AvgIpc) is 3.42. The molecule has 1 aliphatic rings. The van der Waals surface area contributed by atoms with Gasteiger partial charge in [-0.3, -0.25) is 9.59 Å². The monoisotopic (exact) mass is 362 g/mol. The highest BCUT2D eigenvalue weighted by atomic mass is 35.5. The lowest BCUT2D eigenvalue weighted by atomic mass is 10.2. The Hall–Kier alpha value is -2.12. The summed E-state index contributed by atoms with van der Waals surface area (Å²) < 4.78 is 0. The maximum Gasteiger partial charge on any atom is 0.275 e. The molecule has 0 bridgehead atoms. The van der Waals surface area contributed by atoms with E-state index in [-0.39, 0.29) is 22.5 Å². The van der Waals surface area contributed by atoms with Crippen molar-refractivity contribution >= 4 is 46.6 Å². The maximum atomic E-state index is 12.3. The minimum Gasteiger partial charge on any atom is -0.326 e. The Morgan fingerprint density at radius 3 is 2.38 bits per heavy atom. The van der Waals surface area contributed by atoms with E-state index in [0.717, 1.165) is 12.8 Å². The molecule has 0 aliphatic heterocycles. The molecule has 2 N–H and O–H groups in total. The highest BCUT2D eigenvalue weighted by molar-refractivity contribution is 7.98. The molecule has 0 spiro atoms. The number of rotatable bonds is 5. The van der Waals surface area contributed by atoms with Crippen molar-refractivity contribution in [1.29, 1.82) is 0 Å². The van der Waals surface area contributed by atoms with Gasteiger partial charge < -0.3 is 10.6 Å². The molecule has 0 radical (unpaired) electrons. The van der Waals surface area contributed by atoms with Crippen molar-refractivity contribution in [2.45, 2.75) is 18.0 Å². The summed E-state index contributed by atoms with van der Waals surface area (Å²) in [6, 6.07) is 6.91. The zero-order valence-corrected chi connectivity index (χ0v) is 14.4. The van der Waals surface area contributed by atoms with Crippen LogP contribution in [0, 0.1) is 5.92 Å². The summed E-state index contributed by atoms with van der Waals surface area (Å²) in [5.41, 5.74) is 1.42. The third-order valence-corrected chi connectivity index (χ3v) is 4.32. The van der Waals surface area contributed by atoms with Crippen LogP contribution in [0.25, 0.3) is 0 Å². The van der Waals surface area contributed by atoms with E-state index in [1.54, 1.807) is 24.3 Å². The van der Waals surface area contributed by atoms with Crippen LogP contribution in [0.3, 0.4) is 0 Å². The Morgan fingerprint density at radius 2 is 1.79 bits per heavy atom. The number of thioether (sulfide) groups is 1. The van der Waals surface area contributed by atoms with Crippen molar-refractivity contribution in [2.75, 3.05) is 16.9 Å². The third-order valence-electron chi connectivity index (χ3n) is 3.48. The van der Waals surface area contributed by atoms with Gasteiger partial charge in [0.05, 0.1) is 11.2 Å². The summed E-state index contributed by atoms with van der Waals surface area (Å²) >= 11 is 7.32. The van der Waals surface area contributed by atoms with Crippen LogP contribution in [-0.2, 0) is 4.79 Å². The molecule has 1 fully saturated rings. The number of carbonyl (C=O) groups excluding carboxylic acids is 2. The number of nitrogens with zero attached hydrogens (tertiary/aromatic N) is 2. The lowest BCUT2D eigenvalue weighted by molar-refractivity contribution is -0.117. The van der Waals surface area contributed by atoms with Crippen LogP contribution in [-0.4, -0.2) is 28.0 Å². The molecular weight excluding hydrogens is 348 g/mol. The molecule has 0 saturated heterocycles. The molecule has 1 aromatic carbocycles. The summed E-state index contributed by atoms with van der Waals surface area (Å²) in [4.78, 5) is 32.1. The van der Waals surface area contributed by atoms with E-state index in [9.17, 15) is 9.59 Å². The van der Waals surface area contributed by atoms with E-state index in [1.165, 1.54) is 18.0 Å². The zero-order chi connectivity index (χ0) is 17.1. The van der Waals surface area contributed by atoms with Crippen LogP contribution in [0.15, 0.2) is 35.6 Å². The van der Waals surface area contributed by atoms with Crippen LogP contribution in [0.1, 0.15) is 23.3 Å². The second kappa shape index (κ2) is 7.19. The van der Waals surface area contributed by atoms with E-state index in [0.29, 0.717) is 16.5 Å². The van der Waals surface area contributed by atoms with Crippen LogP contribution in [0.4, 0.5) is 11.4 Å². The van der Waals surface area contributed by atoms with Crippen molar-refractivity contribution in [3.05, 3.63) is 41.2 Å². The highest BCUT2D eigenvalue weighted by Crippen LogP contribution is 2.30. The number of hydrogen-bond donors (Lipinski definition) is 2. The summed E-state index contributed by atoms with van der Waals surface area (Å²) in [7, 11) is 0.